The summed E-state index contributed by atoms with van der Waals surface area (Å²) in [4.78, 5) is 0. The summed E-state index contributed by atoms with van der Waals surface area (Å²) in [6, 6.07) is 10.6. The number of nitrogens with zero attached hydrogens (tertiary/aromatic N) is 1. The molecular formula is C13H15N. The number of benzene rings is 1. The summed E-state index contributed by atoms with van der Waals surface area (Å²) in [5, 5.41) is 1.30. The minimum atomic E-state index is 0.935. The van der Waals surface area contributed by atoms with Crippen molar-refractivity contribution in [3.8, 4) is 0 Å². The summed E-state index contributed by atoms with van der Waals surface area (Å²) in [5.74, 6) is 0. The van der Waals surface area contributed by atoms with Crippen LogP contribution in [0.5, 0.6) is 0 Å². The van der Waals surface area contributed by atoms with E-state index in [0.29, 0.717) is 0 Å². The Bertz CT molecular complexity index is 451. The first-order chi connectivity index (χ1) is 6.81. The number of aromatic nitrogens is 1. The third kappa shape index (κ3) is 1.58. The van der Waals surface area contributed by atoms with Crippen molar-refractivity contribution >= 4 is 10.9 Å². The van der Waals surface area contributed by atoms with Crippen LogP contribution < -0.4 is 0 Å². The zero-order valence-electron chi connectivity index (χ0n) is 8.53. The van der Waals surface area contributed by atoms with Gasteiger partial charge in [0.1, 0.15) is 0 Å². The molecule has 2 aromatic rings. The molecule has 0 saturated carbocycles. The van der Waals surface area contributed by atoms with Crippen molar-refractivity contribution in [2.45, 2.75) is 19.9 Å². The summed E-state index contributed by atoms with van der Waals surface area (Å²) in [7, 11) is 0. The second kappa shape index (κ2) is 3.70. The van der Waals surface area contributed by atoms with E-state index < -0.39 is 0 Å². The van der Waals surface area contributed by atoms with E-state index >= 15 is 0 Å². The average Bonchev–Trinajstić information content (AvgIpc) is 2.62. The molecular weight excluding hydrogens is 170 g/mol. The molecule has 0 N–H and O–H groups in total. The number of para-hydroxylation sites is 1. The molecule has 1 aromatic carbocycles. The lowest BCUT2D eigenvalue weighted by Crippen LogP contribution is -1.97. The molecule has 2 rings (SSSR count). The third-order valence-electron chi connectivity index (χ3n) is 2.57. The topological polar surface area (TPSA) is 4.93 Å². The van der Waals surface area contributed by atoms with Crippen LogP contribution in [0.4, 0.5) is 0 Å². The van der Waals surface area contributed by atoms with Gasteiger partial charge >= 0.3 is 0 Å². The van der Waals surface area contributed by atoms with Gasteiger partial charge in [-0.15, -0.1) is 0 Å². The largest absolute Gasteiger partial charge is 0.343 e. The zero-order valence-corrected chi connectivity index (χ0v) is 8.53. The lowest BCUT2D eigenvalue weighted by Gasteiger charge is -2.06. The second-order valence-electron chi connectivity index (χ2n) is 3.61. The van der Waals surface area contributed by atoms with Crippen molar-refractivity contribution in [1.82, 2.24) is 4.57 Å². The molecule has 0 bridgehead atoms. The first kappa shape index (κ1) is 9.07. The number of fused-ring (bicyclic) bond motifs is 1. The summed E-state index contributed by atoms with van der Waals surface area (Å²) in [6.07, 6.45) is 3.18. The predicted molar refractivity (Wildman–Crippen MR) is 61.4 cm³/mol. The van der Waals surface area contributed by atoms with Crippen LogP contribution >= 0.6 is 0 Å². The predicted octanol–water partition coefficient (Wildman–Crippen LogP) is 3.61. The first-order valence-electron chi connectivity index (χ1n) is 5.02. The Labute approximate surface area is 84.7 Å². The number of allylic oxidation sites excluding steroid dienone is 1. The van der Waals surface area contributed by atoms with E-state index in [1.165, 1.54) is 16.5 Å². The fourth-order valence-electron chi connectivity index (χ4n) is 1.63. The lowest BCUT2D eigenvalue weighted by molar-refractivity contribution is 0.790. The van der Waals surface area contributed by atoms with E-state index in [0.717, 1.165) is 13.0 Å². The maximum absolute atomic E-state index is 4.03. The van der Waals surface area contributed by atoms with Gasteiger partial charge < -0.3 is 4.57 Å². The molecule has 1 heteroatoms. The monoisotopic (exact) mass is 185 g/mol. The van der Waals surface area contributed by atoms with Crippen molar-refractivity contribution < 1.29 is 0 Å². The molecule has 0 spiro atoms. The normalized spacial score (nSPS) is 10.6. The van der Waals surface area contributed by atoms with Crippen molar-refractivity contribution in [2.75, 3.05) is 0 Å². The Balaban J connectivity index is 2.38. The molecule has 0 fully saturated rings. The van der Waals surface area contributed by atoms with Crippen molar-refractivity contribution in [2.24, 2.45) is 0 Å². The summed E-state index contributed by atoms with van der Waals surface area (Å²) >= 11 is 0. The second-order valence-corrected chi connectivity index (χ2v) is 3.61. The molecule has 0 unspecified atom stereocenters. The molecule has 1 nitrogen and oxygen atoms in total. The van der Waals surface area contributed by atoms with Crippen LogP contribution in [0.25, 0.3) is 10.9 Å². The summed E-state index contributed by atoms with van der Waals surface area (Å²) < 4.78 is 2.25. The van der Waals surface area contributed by atoms with Gasteiger partial charge in [-0.05, 0) is 23.9 Å². The standard InChI is InChI=1S/C13H15N/c1-3-11(2)10-14-9-8-12-6-4-5-7-13(12)14/h4-9H,2-3,10H2,1H3. The van der Waals surface area contributed by atoms with Crippen LogP contribution in [0.2, 0.25) is 0 Å². The minimum Gasteiger partial charge on any atom is -0.343 e. The average molecular weight is 185 g/mol. The van der Waals surface area contributed by atoms with E-state index in [-0.39, 0.29) is 0 Å². The third-order valence-corrected chi connectivity index (χ3v) is 2.57. The van der Waals surface area contributed by atoms with E-state index in [9.17, 15) is 0 Å². The van der Waals surface area contributed by atoms with Gasteiger partial charge in [0.25, 0.3) is 0 Å². The van der Waals surface area contributed by atoms with Crippen molar-refractivity contribution in [3.05, 3.63) is 48.7 Å². The molecule has 0 amide bonds. The van der Waals surface area contributed by atoms with E-state index in [4.69, 9.17) is 0 Å². The smallest absolute Gasteiger partial charge is 0.0483 e. The van der Waals surface area contributed by atoms with Crippen LogP contribution in [0, 0.1) is 0 Å². The molecule has 0 aliphatic carbocycles. The highest BCUT2D eigenvalue weighted by atomic mass is 14.9. The van der Waals surface area contributed by atoms with Crippen LogP contribution in [0.3, 0.4) is 0 Å². The maximum Gasteiger partial charge on any atom is 0.0483 e. The van der Waals surface area contributed by atoms with Gasteiger partial charge in [-0.25, -0.2) is 0 Å². The Kier molecular flexibility index (Phi) is 2.40. The van der Waals surface area contributed by atoms with Crippen molar-refractivity contribution in [1.29, 1.82) is 0 Å². The van der Waals surface area contributed by atoms with Gasteiger partial charge in [-0.2, -0.15) is 0 Å². The minimum absolute atomic E-state index is 0.935. The van der Waals surface area contributed by atoms with Gasteiger partial charge in [-0.1, -0.05) is 37.3 Å². The van der Waals surface area contributed by atoms with Gasteiger partial charge in [-0.3, -0.25) is 0 Å². The molecule has 0 saturated heterocycles. The zero-order chi connectivity index (χ0) is 9.97. The summed E-state index contributed by atoms with van der Waals surface area (Å²) in [6.45, 7) is 7.12. The molecule has 72 valence electrons. The Morgan fingerprint density at radius 1 is 1.29 bits per heavy atom. The van der Waals surface area contributed by atoms with Gasteiger partial charge in [0.05, 0.1) is 0 Å². The number of rotatable bonds is 3. The Morgan fingerprint density at radius 2 is 2.07 bits per heavy atom. The van der Waals surface area contributed by atoms with Crippen LogP contribution in [-0.4, -0.2) is 4.57 Å². The van der Waals surface area contributed by atoms with Gasteiger partial charge in [0.15, 0.2) is 0 Å². The van der Waals surface area contributed by atoms with Gasteiger partial charge in [0, 0.05) is 18.3 Å². The maximum atomic E-state index is 4.03. The molecule has 0 aliphatic heterocycles. The fourth-order valence-corrected chi connectivity index (χ4v) is 1.63. The number of hydrogen-bond acceptors (Lipinski definition) is 0. The summed E-state index contributed by atoms with van der Waals surface area (Å²) in [5.41, 5.74) is 2.56. The van der Waals surface area contributed by atoms with Gasteiger partial charge in [0.2, 0.25) is 0 Å². The first-order valence-corrected chi connectivity index (χ1v) is 5.02. The Morgan fingerprint density at radius 3 is 2.86 bits per heavy atom. The molecule has 1 heterocycles. The molecule has 0 aliphatic rings. The molecule has 0 atom stereocenters. The van der Waals surface area contributed by atoms with Crippen LogP contribution in [0.15, 0.2) is 48.7 Å². The van der Waals surface area contributed by atoms with Crippen molar-refractivity contribution in [3.63, 3.8) is 0 Å². The lowest BCUT2D eigenvalue weighted by atomic mass is 10.2. The van der Waals surface area contributed by atoms with E-state index in [1.807, 2.05) is 0 Å². The van der Waals surface area contributed by atoms with E-state index in [1.54, 1.807) is 0 Å². The van der Waals surface area contributed by atoms with Crippen LogP contribution in [-0.2, 0) is 6.54 Å². The SMILES string of the molecule is C=C(CC)Cn1ccc2ccccc21. The Hall–Kier alpha value is -1.50. The number of hydrogen-bond donors (Lipinski definition) is 0. The van der Waals surface area contributed by atoms with Crippen LogP contribution in [0.1, 0.15) is 13.3 Å². The molecule has 1 aromatic heterocycles. The highest BCUT2D eigenvalue weighted by Gasteiger charge is 1.99. The van der Waals surface area contributed by atoms with E-state index in [2.05, 4.69) is 54.6 Å². The molecule has 0 radical (unpaired) electrons. The highest BCUT2D eigenvalue weighted by molar-refractivity contribution is 5.79. The quantitative estimate of drug-likeness (QED) is 0.644. The fraction of sp³-hybridized carbons (Fsp3) is 0.231. The highest BCUT2D eigenvalue weighted by Crippen LogP contribution is 2.16. The molecule has 14 heavy (non-hydrogen) atoms.